The summed E-state index contributed by atoms with van der Waals surface area (Å²) in [4.78, 5) is 15.1. The number of rotatable bonds is 5. The van der Waals surface area contributed by atoms with Crippen LogP contribution < -0.4 is 11.0 Å². The van der Waals surface area contributed by atoms with Gasteiger partial charge in [0.2, 0.25) is 0 Å². The van der Waals surface area contributed by atoms with E-state index in [1.165, 1.54) is 5.56 Å². The maximum absolute atomic E-state index is 12.6. The van der Waals surface area contributed by atoms with Gasteiger partial charge in [-0.2, -0.15) is 0 Å². The van der Waals surface area contributed by atoms with E-state index in [9.17, 15) is 4.79 Å². The zero-order chi connectivity index (χ0) is 16.2. The summed E-state index contributed by atoms with van der Waals surface area (Å²) in [5.41, 5.74) is 2.27. The van der Waals surface area contributed by atoms with Crippen molar-refractivity contribution in [3.8, 4) is 5.69 Å². The van der Waals surface area contributed by atoms with Crippen LogP contribution in [0.25, 0.3) is 5.69 Å². The Kier molecular flexibility index (Phi) is 4.98. The fraction of sp³-hybridized carbons (Fsp3) is 0.500. The molecule has 5 heteroatoms. The second kappa shape index (κ2) is 7.15. The van der Waals surface area contributed by atoms with Crippen molar-refractivity contribution in [1.29, 1.82) is 0 Å². The molecule has 1 aliphatic rings. The molecule has 0 radical (unpaired) electrons. The number of aromatic nitrogens is 2. The Balaban J connectivity index is 1.81. The van der Waals surface area contributed by atoms with Crippen LogP contribution in [0, 0.1) is 0 Å². The number of imidazole rings is 1. The Morgan fingerprint density at radius 3 is 2.57 bits per heavy atom. The van der Waals surface area contributed by atoms with Gasteiger partial charge in [-0.15, -0.1) is 0 Å². The Bertz CT molecular complexity index is 695. The first-order valence-corrected chi connectivity index (χ1v) is 8.47. The van der Waals surface area contributed by atoms with Gasteiger partial charge in [0, 0.05) is 51.2 Å². The molecule has 0 spiro atoms. The first-order valence-electron chi connectivity index (χ1n) is 8.47. The summed E-state index contributed by atoms with van der Waals surface area (Å²) in [6.07, 6.45) is 4.72. The third-order valence-corrected chi connectivity index (χ3v) is 4.52. The Morgan fingerprint density at radius 2 is 1.87 bits per heavy atom. The molecule has 1 aromatic carbocycles. The quantitative estimate of drug-likeness (QED) is 0.913. The molecule has 1 aromatic heterocycles. The molecule has 23 heavy (non-hydrogen) atoms. The Labute approximate surface area is 137 Å². The number of hydrogen-bond donors (Lipinski definition) is 1. The monoisotopic (exact) mass is 314 g/mol. The first kappa shape index (κ1) is 16.0. The van der Waals surface area contributed by atoms with Crippen molar-refractivity contribution in [2.45, 2.75) is 26.3 Å². The van der Waals surface area contributed by atoms with E-state index in [1.807, 2.05) is 38.4 Å². The molecule has 1 saturated heterocycles. The highest BCUT2D eigenvalue weighted by molar-refractivity contribution is 5.41. The van der Waals surface area contributed by atoms with Crippen LogP contribution in [0.1, 0.15) is 25.5 Å². The third-order valence-electron chi connectivity index (χ3n) is 4.52. The van der Waals surface area contributed by atoms with E-state index in [4.69, 9.17) is 0 Å². The van der Waals surface area contributed by atoms with Crippen molar-refractivity contribution in [3.05, 3.63) is 52.7 Å². The molecular formula is C18H26N4O. The molecule has 5 nitrogen and oxygen atoms in total. The lowest BCUT2D eigenvalue weighted by Crippen LogP contribution is -2.44. The highest BCUT2D eigenvalue weighted by Gasteiger charge is 2.13. The van der Waals surface area contributed by atoms with Crippen LogP contribution in [-0.2, 0) is 6.42 Å². The van der Waals surface area contributed by atoms with Gasteiger partial charge in [-0.25, -0.2) is 4.79 Å². The Hall–Kier alpha value is -1.85. The van der Waals surface area contributed by atoms with Gasteiger partial charge in [0.05, 0.1) is 5.69 Å². The highest BCUT2D eigenvalue weighted by atomic mass is 16.1. The average molecular weight is 314 g/mol. The SMILES string of the molecule is CC(C)n1ccn(-c2ccccc2CCN2CCNCC2)c1=O. The average Bonchev–Trinajstić information content (AvgIpc) is 2.96. The molecule has 0 aliphatic carbocycles. The van der Waals surface area contributed by atoms with Gasteiger partial charge in [-0.05, 0) is 31.9 Å². The van der Waals surface area contributed by atoms with Crippen molar-refractivity contribution in [3.63, 3.8) is 0 Å². The largest absolute Gasteiger partial charge is 0.332 e. The first-order chi connectivity index (χ1) is 11.2. The minimum Gasteiger partial charge on any atom is -0.314 e. The lowest BCUT2D eigenvalue weighted by Gasteiger charge is -2.27. The summed E-state index contributed by atoms with van der Waals surface area (Å²) in [6.45, 7) is 9.44. The van der Waals surface area contributed by atoms with E-state index in [2.05, 4.69) is 22.3 Å². The summed E-state index contributed by atoms with van der Waals surface area (Å²) in [6, 6.07) is 8.41. The van der Waals surface area contributed by atoms with Crippen molar-refractivity contribution >= 4 is 0 Å². The standard InChI is InChI=1S/C18H26N4O/c1-15(2)21-13-14-22(18(21)23)17-6-4-3-5-16(17)7-10-20-11-8-19-9-12-20/h3-6,13-15,19H,7-12H2,1-2H3. The molecule has 1 aliphatic heterocycles. The Morgan fingerprint density at radius 1 is 1.13 bits per heavy atom. The molecule has 0 bridgehead atoms. The molecule has 2 heterocycles. The van der Waals surface area contributed by atoms with Gasteiger partial charge in [0.15, 0.2) is 0 Å². The molecule has 0 amide bonds. The van der Waals surface area contributed by atoms with E-state index in [0.29, 0.717) is 0 Å². The normalized spacial score (nSPS) is 16.1. The summed E-state index contributed by atoms with van der Waals surface area (Å²) in [7, 11) is 0. The third kappa shape index (κ3) is 3.57. The van der Waals surface area contributed by atoms with Crippen LogP contribution >= 0.6 is 0 Å². The van der Waals surface area contributed by atoms with Crippen molar-refractivity contribution < 1.29 is 0 Å². The van der Waals surface area contributed by atoms with Crippen LogP contribution in [0.5, 0.6) is 0 Å². The zero-order valence-electron chi connectivity index (χ0n) is 14.0. The number of piperazine rings is 1. The predicted octanol–water partition coefficient (Wildman–Crippen LogP) is 1.67. The summed E-state index contributed by atoms with van der Waals surface area (Å²) < 4.78 is 3.54. The van der Waals surface area contributed by atoms with E-state index < -0.39 is 0 Å². The van der Waals surface area contributed by atoms with E-state index in [1.54, 1.807) is 9.13 Å². The van der Waals surface area contributed by atoms with Crippen LogP contribution in [-0.4, -0.2) is 46.8 Å². The molecule has 2 aromatic rings. The molecule has 1 fully saturated rings. The van der Waals surface area contributed by atoms with E-state index >= 15 is 0 Å². The fourth-order valence-corrected chi connectivity index (χ4v) is 3.14. The number of hydrogen-bond acceptors (Lipinski definition) is 3. The molecule has 124 valence electrons. The lowest BCUT2D eigenvalue weighted by molar-refractivity contribution is 0.244. The molecule has 1 N–H and O–H groups in total. The zero-order valence-corrected chi connectivity index (χ0v) is 14.0. The minimum atomic E-state index is 0.0367. The van der Waals surface area contributed by atoms with Gasteiger partial charge < -0.3 is 10.2 Å². The smallest absolute Gasteiger partial charge is 0.314 e. The second-order valence-corrected chi connectivity index (χ2v) is 6.42. The maximum Gasteiger partial charge on any atom is 0.332 e. The summed E-state index contributed by atoms with van der Waals surface area (Å²) in [5.74, 6) is 0. The van der Waals surface area contributed by atoms with Crippen LogP contribution in [0.3, 0.4) is 0 Å². The number of nitrogens with one attached hydrogen (secondary N) is 1. The van der Waals surface area contributed by atoms with E-state index in [-0.39, 0.29) is 11.7 Å². The summed E-state index contributed by atoms with van der Waals surface area (Å²) >= 11 is 0. The van der Waals surface area contributed by atoms with Crippen LogP contribution in [0.15, 0.2) is 41.5 Å². The molecule has 3 rings (SSSR count). The van der Waals surface area contributed by atoms with Gasteiger partial charge in [0.25, 0.3) is 0 Å². The molecular weight excluding hydrogens is 288 g/mol. The lowest BCUT2D eigenvalue weighted by atomic mass is 10.1. The second-order valence-electron chi connectivity index (χ2n) is 6.42. The van der Waals surface area contributed by atoms with Gasteiger partial charge in [-0.3, -0.25) is 9.13 Å². The minimum absolute atomic E-state index is 0.0367. The molecule has 0 atom stereocenters. The number of benzene rings is 1. The van der Waals surface area contributed by atoms with Gasteiger partial charge >= 0.3 is 5.69 Å². The highest BCUT2D eigenvalue weighted by Crippen LogP contribution is 2.15. The van der Waals surface area contributed by atoms with Gasteiger partial charge in [-0.1, -0.05) is 18.2 Å². The number of nitrogens with zero attached hydrogens (tertiary/aromatic N) is 3. The van der Waals surface area contributed by atoms with Crippen molar-refractivity contribution in [1.82, 2.24) is 19.4 Å². The van der Waals surface area contributed by atoms with Crippen LogP contribution in [0.2, 0.25) is 0 Å². The molecule has 0 saturated carbocycles. The van der Waals surface area contributed by atoms with Crippen molar-refractivity contribution in [2.75, 3.05) is 32.7 Å². The fourth-order valence-electron chi connectivity index (χ4n) is 3.14. The summed E-state index contributed by atoms with van der Waals surface area (Å²) in [5, 5.41) is 3.38. The topological polar surface area (TPSA) is 42.2 Å². The van der Waals surface area contributed by atoms with Crippen LogP contribution in [0.4, 0.5) is 0 Å². The predicted molar refractivity (Wildman–Crippen MR) is 93.4 cm³/mol. The van der Waals surface area contributed by atoms with Crippen molar-refractivity contribution in [2.24, 2.45) is 0 Å². The van der Waals surface area contributed by atoms with Gasteiger partial charge in [0.1, 0.15) is 0 Å². The molecule has 0 unspecified atom stereocenters. The van der Waals surface area contributed by atoms with E-state index in [0.717, 1.165) is 44.8 Å². The number of para-hydroxylation sites is 1. The maximum atomic E-state index is 12.6.